The Bertz CT molecular complexity index is 798. The highest BCUT2D eigenvalue weighted by Crippen LogP contribution is 2.21. The number of hydrogen-bond acceptors (Lipinski definition) is 5. The van der Waals surface area contributed by atoms with Crippen LogP contribution in [-0.4, -0.2) is 38.3 Å². The average Bonchev–Trinajstić information content (AvgIpc) is 2.63. The van der Waals surface area contributed by atoms with Gasteiger partial charge in [-0.05, 0) is 42.5 Å². The highest BCUT2D eigenvalue weighted by Gasteiger charge is 2.09. The number of amides is 1. The molecule has 2 aromatic rings. The Morgan fingerprint density at radius 1 is 1.07 bits per heavy atom. The zero-order valence-electron chi connectivity index (χ0n) is 15.0. The van der Waals surface area contributed by atoms with Gasteiger partial charge < -0.3 is 15.0 Å². The van der Waals surface area contributed by atoms with Gasteiger partial charge in [0.2, 0.25) is 0 Å². The van der Waals surface area contributed by atoms with Gasteiger partial charge in [0.25, 0.3) is 5.91 Å². The zero-order chi connectivity index (χ0) is 19.8. The smallest absolute Gasteiger partial charge is 0.307 e. The van der Waals surface area contributed by atoms with Gasteiger partial charge in [0.05, 0.1) is 6.42 Å². The maximum Gasteiger partial charge on any atom is 0.307 e. The SMILES string of the molecule is CN(C)c1ccc(NC(=O)COC(=O)CCSc2ccc(F)c(F)c2)cc1. The number of esters is 1. The van der Waals surface area contributed by atoms with Crippen molar-refractivity contribution in [3.8, 4) is 0 Å². The van der Waals surface area contributed by atoms with Gasteiger partial charge in [0.1, 0.15) is 0 Å². The number of hydrogen-bond donors (Lipinski definition) is 1. The molecule has 0 saturated heterocycles. The van der Waals surface area contributed by atoms with E-state index in [1.807, 2.05) is 31.1 Å². The summed E-state index contributed by atoms with van der Waals surface area (Å²) in [5.41, 5.74) is 1.61. The Labute approximate surface area is 160 Å². The molecule has 0 aromatic heterocycles. The minimum atomic E-state index is -0.933. The molecule has 0 atom stereocenters. The van der Waals surface area contributed by atoms with Crippen LogP contribution in [-0.2, 0) is 14.3 Å². The Morgan fingerprint density at radius 2 is 1.78 bits per heavy atom. The number of carbonyl (C=O) groups is 2. The summed E-state index contributed by atoms with van der Waals surface area (Å²) in [6, 6.07) is 10.8. The van der Waals surface area contributed by atoms with E-state index < -0.39 is 23.5 Å². The summed E-state index contributed by atoms with van der Waals surface area (Å²) in [4.78, 5) is 25.9. The van der Waals surface area contributed by atoms with Crippen molar-refractivity contribution < 1.29 is 23.1 Å². The van der Waals surface area contributed by atoms with Gasteiger partial charge in [-0.15, -0.1) is 11.8 Å². The van der Waals surface area contributed by atoms with Gasteiger partial charge in [-0.3, -0.25) is 9.59 Å². The summed E-state index contributed by atoms with van der Waals surface area (Å²) in [5, 5.41) is 2.64. The summed E-state index contributed by atoms with van der Waals surface area (Å²) in [7, 11) is 3.83. The van der Waals surface area contributed by atoms with Crippen LogP contribution in [0, 0.1) is 11.6 Å². The summed E-state index contributed by atoms with van der Waals surface area (Å²) >= 11 is 1.20. The molecule has 1 amide bonds. The van der Waals surface area contributed by atoms with Crippen LogP contribution in [0.4, 0.5) is 20.2 Å². The predicted octanol–water partition coefficient (Wildman–Crippen LogP) is 3.69. The number of ether oxygens (including phenoxy) is 1. The van der Waals surface area contributed by atoms with Gasteiger partial charge in [-0.25, -0.2) is 8.78 Å². The Balaban J connectivity index is 1.68. The third kappa shape index (κ3) is 6.90. The van der Waals surface area contributed by atoms with Crippen molar-refractivity contribution in [1.82, 2.24) is 0 Å². The highest BCUT2D eigenvalue weighted by atomic mass is 32.2. The fraction of sp³-hybridized carbons (Fsp3) is 0.263. The molecule has 0 aliphatic carbocycles. The van der Waals surface area contributed by atoms with Crippen LogP contribution in [0.5, 0.6) is 0 Å². The molecule has 144 valence electrons. The number of anilines is 2. The lowest BCUT2D eigenvalue weighted by Gasteiger charge is -2.13. The van der Waals surface area contributed by atoms with Crippen LogP contribution in [0.25, 0.3) is 0 Å². The number of rotatable bonds is 8. The van der Waals surface area contributed by atoms with E-state index >= 15 is 0 Å². The molecule has 0 fully saturated rings. The van der Waals surface area contributed by atoms with E-state index in [9.17, 15) is 18.4 Å². The van der Waals surface area contributed by atoms with Crippen LogP contribution >= 0.6 is 11.8 Å². The average molecular weight is 394 g/mol. The predicted molar refractivity (Wildman–Crippen MR) is 102 cm³/mol. The first kappa shape index (κ1) is 20.7. The van der Waals surface area contributed by atoms with Crippen molar-refractivity contribution in [3.63, 3.8) is 0 Å². The number of carbonyl (C=O) groups excluding carboxylic acids is 2. The van der Waals surface area contributed by atoms with Gasteiger partial charge in [0, 0.05) is 36.1 Å². The lowest BCUT2D eigenvalue weighted by molar-refractivity contribution is -0.146. The van der Waals surface area contributed by atoms with Crippen molar-refractivity contribution >= 4 is 35.0 Å². The normalized spacial score (nSPS) is 10.4. The van der Waals surface area contributed by atoms with E-state index in [1.54, 1.807) is 12.1 Å². The third-order valence-electron chi connectivity index (χ3n) is 3.50. The zero-order valence-corrected chi connectivity index (χ0v) is 15.8. The van der Waals surface area contributed by atoms with Crippen LogP contribution in [0.2, 0.25) is 0 Å². The molecule has 2 aromatic carbocycles. The Hall–Kier alpha value is -2.61. The van der Waals surface area contributed by atoms with Crippen LogP contribution in [0.1, 0.15) is 6.42 Å². The van der Waals surface area contributed by atoms with Crippen LogP contribution in [0.15, 0.2) is 47.4 Å². The van der Waals surface area contributed by atoms with Crippen LogP contribution in [0.3, 0.4) is 0 Å². The quantitative estimate of drug-likeness (QED) is 0.547. The number of benzene rings is 2. The number of nitrogens with zero attached hydrogens (tertiary/aromatic N) is 1. The van der Waals surface area contributed by atoms with Gasteiger partial charge in [-0.2, -0.15) is 0 Å². The molecule has 0 heterocycles. The van der Waals surface area contributed by atoms with Crippen molar-refractivity contribution in [2.45, 2.75) is 11.3 Å². The maximum absolute atomic E-state index is 13.1. The van der Waals surface area contributed by atoms with E-state index in [0.717, 1.165) is 17.8 Å². The van der Waals surface area contributed by atoms with Crippen molar-refractivity contribution in [3.05, 3.63) is 54.1 Å². The van der Waals surface area contributed by atoms with Gasteiger partial charge in [0.15, 0.2) is 18.2 Å². The third-order valence-corrected chi connectivity index (χ3v) is 4.49. The molecule has 0 spiro atoms. The molecule has 0 radical (unpaired) electrons. The van der Waals surface area contributed by atoms with Crippen molar-refractivity contribution in [1.29, 1.82) is 0 Å². The fourth-order valence-corrected chi connectivity index (χ4v) is 2.93. The maximum atomic E-state index is 13.1. The number of halogens is 2. The van der Waals surface area contributed by atoms with E-state index in [4.69, 9.17) is 4.74 Å². The summed E-state index contributed by atoms with van der Waals surface area (Å²) in [6.45, 7) is -0.385. The number of nitrogens with one attached hydrogen (secondary N) is 1. The molecule has 0 aliphatic rings. The van der Waals surface area contributed by atoms with Gasteiger partial charge >= 0.3 is 5.97 Å². The van der Waals surface area contributed by atoms with E-state index in [1.165, 1.54) is 17.8 Å². The molecule has 0 saturated carbocycles. The van der Waals surface area contributed by atoms with E-state index in [0.29, 0.717) is 16.3 Å². The molecular weight excluding hydrogens is 374 g/mol. The first-order valence-electron chi connectivity index (χ1n) is 8.16. The first-order chi connectivity index (χ1) is 12.8. The van der Waals surface area contributed by atoms with E-state index in [2.05, 4.69) is 5.32 Å². The monoisotopic (exact) mass is 394 g/mol. The standard InChI is InChI=1S/C19H20F2N2O3S/c1-23(2)14-5-3-13(4-6-14)22-18(24)12-26-19(25)9-10-27-15-7-8-16(20)17(21)11-15/h3-8,11H,9-10,12H2,1-2H3,(H,22,24). The second-order valence-electron chi connectivity index (χ2n) is 5.82. The van der Waals surface area contributed by atoms with E-state index in [-0.39, 0.29) is 13.0 Å². The second kappa shape index (κ2) is 9.91. The molecule has 5 nitrogen and oxygen atoms in total. The largest absolute Gasteiger partial charge is 0.456 e. The minimum Gasteiger partial charge on any atom is -0.456 e. The lowest BCUT2D eigenvalue weighted by atomic mass is 10.2. The second-order valence-corrected chi connectivity index (χ2v) is 6.99. The van der Waals surface area contributed by atoms with Crippen LogP contribution < -0.4 is 10.2 Å². The summed E-state index contributed by atoms with van der Waals surface area (Å²) in [5.74, 6) is -2.49. The molecule has 0 aliphatic heterocycles. The Kier molecular flexibility index (Phi) is 7.60. The number of thioether (sulfide) groups is 1. The Morgan fingerprint density at radius 3 is 2.41 bits per heavy atom. The highest BCUT2D eigenvalue weighted by molar-refractivity contribution is 7.99. The molecule has 0 unspecified atom stereocenters. The molecule has 1 N–H and O–H groups in total. The lowest BCUT2D eigenvalue weighted by Crippen LogP contribution is -2.21. The first-order valence-corrected chi connectivity index (χ1v) is 9.14. The van der Waals surface area contributed by atoms with Gasteiger partial charge in [-0.1, -0.05) is 0 Å². The van der Waals surface area contributed by atoms with Crippen molar-refractivity contribution in [2.24, 2.45) is 0 Å². The molecule has 8 heteroatoms. The summed E-state index contributed by atoms with van der Waals surface area (Å²) < 4.78 is 30.8. The summed E-state index contributed by atoms with van der Waals surface area (Å²) in [6.07, 6.45) is 0.0501. The molecule has 27 heavy (non-hydrogen) atoms. The molecular formula is C19H20F2N2O3S. The molecule has 0 bridgehead atoms. The molecule has 2 rings (SSSR count). The van der Waals surface area contributed by atoms with Crippen molar-refractivity contribution in [2.75, 3.05) is 36.7 Å². The topological polar surface area (TPSA) is 58.6 Å². The minimum absolute atomic E-state index is 0.0501. The fourth-order valence-electron chi connectivity index (χ4n) is 2.08.